The second-order valence-corrected chi connectivity index (χ2v) is 4.63. The zero-order valence-electron chi connectivity index (χ0n) is 7.92. The second kappa shape index (κ2) is 4.99. The number of rotatable bonds is 2. The maximum Gasteiger partial charge on any atom is 0.135 e. The highest BCUT2D eigenvalue weighted by atomic mass is 79.9. The molecule has 0 fully saturated rings. The van der Waals surface area contributed by atoms with Gasteiger partial charge in [-0.3, -0.25) is 0 Å². The normalized spacial score (nSPS) is 10.2. The molecule has 0 aliphatic rings. The van der Waals surface area contributed by atoms with Gasteiger partial charge in [0.15, 0.2) is 0 Å². The molecule has 0 spiro atoms. The van der Waals surface area contributed by atoms with Crippen LogP contribution < -0.4 is 5.32 Å². The van der Waals surface area contributed by atoms with Gasteiger partial charge in [0.2, 0.25) is 0 Å². The molecule has 0 amide bonds. The molecule has 1 N–H and O–H groups in total. The largest absolute Gasteiger partial charge is 0.340 e. The van der Waals surface area contributed by atoms with Crippen molar-refractivity contribution in [2.75, 3.05) is 5.32 Å². The van der Waals surface area contributed by atoms with Gasteiger partial charge in [-0.15, -0.1) is 0 Å². The van der Waals surface area contributed by atoms with E-state index in [-0.39, 0.29) is 0 Å². The summed E-state index contributed by atoms with van der Waals surface area (Å²) in [4.78, 5) is 7.82. The quantitative estimate of drug-likeness (QED) is 0.839. The van der Waals surface area contributed by atoms with Crippen molar-refractivity contribution in [1.29, 1.82) is 0 Å². The van der Waals surface area contributed by atoms with Crippen LogP contribution in [-0.2, 0) is 0 Å². The lowest BCUT2D eigenvalue weighted by Gasteiger charge is -2.06. The maximum absolute atomic E-state index is 5.97. The molecule has 0 saturated carbocycles. The number of hydrogen-bond donors (Lipinski definition) is 1. The minimum absolute atomic E-state index is 0.390. The minimum atomic E-state index is 0.390. The third-order valence-corrected chi connectivity index (χ3v) is 3.26. The van der Waals surface area contributed by atoms with Gasteiger partial charge in [-0.05, 0) is 34.1 Å². The number of aromatic nitrogens is 2. The second-order valence-electron chi connectivity index (χ2n) is 2.98. The summed E-state index contributed by atoms with van der Waals surface area (Å²) >= 11 is 15.0. The molecule has 0 aliphatic carbocycles. The van der Waals surface area contributed by atoms with E-state index in [1.807, 2.05) is 12.1 Å². The van der Waals surface area contributed by atoms with Crippen LogP contribution in [0.5, 0.6) is 0 Å². The SMILES string of the molecule is Clc1cc(Nc2ccc(Br)c(Cl)c2)ncn1. The van der Waals surface area contributed by atoms with Gasteiger partial charge < -0.3 is 5.32 Å². The van der Waals surface area contributed by atoms with Crippen LogP contribution in [0.4, 0.5) is 11.5 Å². The van der Waals surface area contributed by atoms with Crippen molar-refractivity contribution in [2.45, 2.75) is 0 Å². The third kappa shape index (κ3) is 2.84. The highest BCUT2D eigenvalue weighted by Gasteiger charge is 2.01. The first kappa shape index (κ1) is 11.6. The van der Waals surface area contributed by atoms with Crippen molar-refractivity contribution < 1.29 is 0 Å². The van der Waals surface area contributed by atoms with E-state index in [0.717, 1.165) is 10.2 Å². The number of anilines is 2. The average molecular weight is 319 g/mol. The van der Waals surface area contributed by atoms with Crippen LogP contribution in [-0.4, -0.2) is 9.97 Å². The molecule has 82 valence electrons. The van der Waals surface area contributed by atoms with Crippen molar-refractivity contribution in [2.24, 2.45) is 0 Å². The standard InChI is InChI=1S/C10H6BrCl2N3/c11-7-2-1-6(3-8(7)12)16-10-4-9(13)14-5-15-10/h1-5H,(H,14,15,16). The summed E-state index contributed by atoms with van der Waals surface area (Å²) in [5, 5.41) is 4.09. The molecule has 0 atom stereocenters. The molecule has 6 heteroatoms. The Balaban J connectivity index is 2.24. The predicted molar refractivity (Wildman–Crippen MR) is 69.5 cm³/mol. The summed E-state index contributed by atoms with van der Waals surface area (Å²) in [6.07, 6.45) is 1.39. The monoisotopic (exact) mass is 317 g/mol. The fourth-order valence-electron chi connectivity index (χ4n) is 1.12. The average Bonchev–Trinajstić information content (AvgIpc) is 2.24. The lowest BCUT2D eigenvalue weighted by atomic mass is 10.3. The Morgan fingerprint density at radius 1 is 1.12 bits per heavy atom. The molecular formula is C10H6BrCl2N3. The highest BCUT2D eigenvalue weighted by Crippen LogP contribution is 2.27. The van der Waals surface area contributed by atoms with Gasteiger partial charge >= 0.3 is 0 Å². The number of hydrogen-bond acceptors (Lipinski definition) is 3. The fraction of sp³-hybridized carbons (Fsp3) is 0. The first-order chi connectivity index (χ1) is 7.65. The van der Waals surface area contributed by atoms with Gasteiger partial charge in [0, 0.05) is 16.2 Å². The Bertz CT molecular complexity index is 519. The van der Waals surface area contributed by atoms with Gasteiger partial charge in [0.05, 0.1) is 5.02 Å². The van der Waals surface area contributed by atoms with Crippen LogP contribution in [0.3, 0.4) is 0 Å². The molecule has 2 rings (SSSR count). The summed E-state index contributed by atoms with van der Waals surface area (Å²) in [5.41, 5.74) is 0.836. The molecule has 1 heterocycles. The van der Waals surface area contributed by atoms with E-state index in [4.69, 9.17) is 23.2 Å². The number of halogens is 3. The summed E-state index contributed by atoms with van der Waals surface area (Å²) < 4.78 is 0.848. The van der Waals surface area contributed by atoms with E-state index in [1.54, 1.807) is 12.1 Å². The predicted octanol–water partition coefficient (Wildman–Crippen LogP) is 4.29. The summed E-state index contributed by atoms with van der Waals surface area (Å²) in [5.74, 6) is 0.624. The molecule has 0 unspecified atom stereocenters. The van der Waals surface area contributed by atoms with Crippen LogP contribution in [0, 0.1) is 0 Å². The van der Waals surface area contributed by atoms with Crippen LogP contribution in [0.15, 0.2) is 35.1 Å². The Kier molecular flexibility index (Phi) is 3.63. The lowest BCUT2D eigenvalue weighted by Crippen LogP contribution is -1.93. The molecule has 3 nitrogen and oxygen atoms in total. The van der Waals surface area contributed by atoms with E-state index >= 15 is 0 Å². The molecule has 2 aromatic rings. The van der Waals surface area contributed by atoms with Gasteiger partial charge in [0.25, 0.3) is 0 Å². The van der Waals surface area contributed by atoms with Crippen molar-refractivity contribution in [3.63, 3.8) is 0 Å². The van der Waals surface area contributed by atoms with Crippen LogP contribution in [0.2, 0.25) is 10.2 Å². The summed E-state index contributed by atoms with van der Waals surface area (Å²) in [6.45, 7) is 0. The van der Waals surface area contributed by atoms with Crippen molar-refractivity contribution >= 4 is 50.6 Å². The zero-order valence-corrected chi connectivity index (χ0v) is 11.0. The van der Waals surface area contributed by atoms with Crippen LogP contribution in [0.1, 0.15) is 0 Å². The number of benzene rings is 1. The summed E-state index contributed by atoms with van der Waals surface area (Å²) in [6, 6.07) is 7.17. The van der Waals surface area contributed by atoms with Gasteiger partial charge in [0.1, 0.15) is 17.3 Å². The Labute approximate surface area is 111 Å². The van der Waals surface area contributed by atoms with Gasteiger partial charge in [-0.1, -0.05) is 23.2 Å². The molecular weight excluding hydrogens is 313 g/mol. The topological polar surface area (TPSA) is 37.8 Å². The van der Waals surface area contributed by atoms with E-state index < -0.39 is 0 Å². The molecule has 1 aromatic carbocycles. The lowest BCUT2D eigenvalue weighted by molar-refractivity contribution is 1.17. The number of nitrogens with zero attached hydrogens (tertiary/aromatic N) is 2. The third-order valence-electron chi connectivity index (χ3n) is 1.83. The van der Waals surface area contributed by atoms with E-state index in [1.165, 1.54) is 6.33 Å². The fourth-order valence-corrected chi connectivity index (χ4v) is 1.70. The molecule has 16 heavy (non-hydrogen) atoms. The van der Waals surface area contributed by atoms with Crippen LogP contribution >= 0.6 is 39.1 Å². The highest BCUT2D eigenvalue weighted by molar-refractivity contribution is 9.10. The van der Waals surface area contributed by atoms with E-state index in [9.17, 15) is 0 Å². The maximum atomic E-state index is 5.97. The van der Waals surface area contributed by atoms with Gasteiger partial charge in [-0.25, -0.2) is 9.97 Å². The Morgan fingerprint density at radius 3 is 2.62 bits per heavy atom. The smallest absolute Gasteiger partial charge is 0.135 e. The first-order valence-electron chi connectivity index (χ1n) is 4.35. The number of nitrogens with one attached hydrogen (secondary N) is 1. The van der Waals surface area contributed by atoms with Crippen LogP contribution in [0.25, 0.3) is 0 Å². The molecule has 0 aliphatic heterocycles. The molecule has 1 aromatic heterocycles. The molecule has 0 saturated heterocycles. The van der Waals surface area contributed by atoms with E-state index in [0.29, 0.717) is 16.0 Å². The van der Waals surface area contributed by atoms with Gasteiger partial charge in [-0.2, -0.15) is 0 Å². The molecule has 0 radical (unpaired) electrons. The van der Waals surface area contributed by atoms with Crippen molar-refractivity contribution in [3.05, 3.63) is 45.2 Å². The Hall–Kier alpha value is -0.840. The van der Waals surface area contributed by atoms with Crippen molar-refractivity contribution in [3.8, 4) is 0 Å². The van der Waals surface area contributed by atoms with Crippen molar-refractivity contribution in [1.82, 2.24) is 9.97 Å². The van der Waals surface area contributed by atoms with E-state index in [2.05, 4.69) is 31.2 Å². The zero-order chi connectivity index (χ0) is 11.5. The first-order valence-corrected chi connectivity index (χ1v) is 5.89. The minimum Gasteiger partial charge on any atom is -0.340 e. The summed E-state index contributed by atoms with van der Waals surface area (Å²) in [7, 11) is 0. The molecule has 0 bridgehead atoms. The Morgan fingerprint density at radius 2 is 1.94 bits per heavy atom.